The SMILES string of the molecule is CCOC(=O)C1CC2C(=O)C3NC(Br)CCC3OC2NC1N. The van der Waals surface area contributed by atoms with Gasteiger partial charge in [-0.2, -0.15) is 0 Å². The molecule has 3 aliphatic rings. The van der Waals surface area contributed by atoms with E-state index in [0.29, 0.717) is 13.0 Å². The van der Waals surface area contributed by atoms with Gasteiger partial charge in [-0.15, -0.1) is 0 Å². The number of Topliss-reactive ketones (excluding diaryl/α,β-unsaturated/α-hetero) is 1. The second-order valence-corrected chi connectivity index (χ2v) is 7.19. The number of carbonyl (C=O) groups excluding carboxylic acids is 2. The summed E-state index contributed by atoms with van der Waals surface area (Å²) in [4.78, 5) is 24.9. The Bertz CT molecular complexity index is 463. The Morgan fingerprint density at radius 3 is 2.95 bits per heavy atom. The highest BCUT2D eigenvalue weighted by Gasteiger charge is 2.51. The third kappa shape index (κ3) is 2.94. The van der Waals surface area contributed by atoms with Crippen molar-refractivity contribution in [3.63, 3.8) is 0 Å². The molecule has 0 spiro atoms. The van der Waals surface area contributed by atoms with Gasteiger partial charge < -0.3 is 15.2 Å². The minimum Gasteiger partial charge on any atom is -0.466 e. The Morgan fingerprint density at radius 2 is 2.23 bits per heavy atom. The molecule has 3 fully saturated rings. The summed E-state index contributed by atoms with van der Waals surface area (Å²) < 4.78 is 11.1. The first-order valence-corrected chi connectivity index (χ1v) is 8.70. The molecule has 0 aromatic heterocycles. The fourth-order valence-corrected chi connectivity index (χ4v) is 4.10. The molecular formula is C14H22BrN3O4. The molecule has 0 bridgehead atoms. The van der Waals surface area contributed by atoms with Crippen LogP contribution in [-0.4, -0.2) is 47.9 Å². The predicted molar refractivity (Wildman–Crippen MR) is 81.9 cm³/mol. The minimum atomic E-state index is -0.551. The molecule has 124 valence electrons. The standard InChI is InChI=1S/C14H22BrN3O4/c1-2-21-14(20)7-5-6-11(19)10-8(3-4-9(15)17-10)22-13(6)18-12(7)16/h6-10,12-13,17-18H,2-5,16H2,1H3. The van der Waals surface area contributed by atoms with Crippen LogP contribution >= 0.6 is 15.9 Å². The summed E-state index contributed by atoms with van der Waals surface area (Å²) in [6, 6.07) is -0.321. The van der Waals surface area contributed by atoms with Crippen LogP contribution in [0.1, 0.15) is 26.2 Å². The first-order chi connectivity index (χ1) is 10.5. The Hall–Kier alpha value is -0.540. The third-order valence-corrected chi connectivity index (χ3v) is 5.41. The summed E-state index contributed by atoms with van der Waals surface area (Å²) in [5.41, 5.74) is 6.03. The maximum atomic E-state index is 12.8. The van der Waals surface area contributed by atoms with Crippen molar-refractivity contribution < 1.29 is 19.1 Å². The maximum absolute atomic E-state index is 12.8. The van der Waals surface area contributed by atoms with Crippen LogP contribution in [0.15, 0.2) is 0 Å². The molecule has 8 heteroatoms. The Kier molecular flexibility index (Phi) is 4.84. The zero-order chi connectivity index (χ0) is 15.9. The van der Waals surface area contributed by atoms with E-state index in [1.807, 2.05) is 0 Å². The first-order valence-electron chi connectivity index (χ1n) is 7.78. The number of hydrogen-bond acceptors (Lipinski definition) is 7. The van der Waals surface area contributed by atoms with Crippen molar-refractivity contribution in [3.8, 4) is 0 Å². The first kappa shape index (κ1) is 16.3. The highest BCUT2D eigenvalue weighted by atomic mass is 79.9. The minimum absolute atomic E-state index is 0.0964. The van der Waals surface area contributed by atoms with Gasteiger partial charge in [0.15, 0.2) is 5.78 Å². The monoisotopic (exact) mass is 375 g/mol. The van der Waals surface area contributed by atoms with Crippen LogP contribution in [0.25, 0.3) is 0 Å². The summed E-state index contributed by atoms with van der Waals surface area (Å²) in [5, 5.41) is 6.33. The number of halogens is 1. The van der Waals surface area contributed by atoms with Gasteiger partial charge in [-0.3, -0.25) is 20.2 Å². The van der Waals surface area contributed by atoms with Gasteiger partial charge in [-0.05, 0) is 26.2 Å². The highest BCUT2D eigenvalue weighted by molar-refractivity contribution is 9.09. The normalized spacial score (nSPS) is 44.9. The number of piperidine rings is 2. The van der Waals surface area contributed by atoms with Gasteiger partial charge in [0.05, 0.1) is 41.7 Å². The van der Waals surface area contributed by atoms with Gasteiger partial charge in [-0.1, -0.05) is 15.9 Å². The fraction of sp³-hybridized carbons (Fsp3) is 0.857. The summed E-state index contributed by atoms with van der Waals surface area (Å²) in [6.45, 7) is 2.06. The predicted octanol–water partition coefficient (Wildman–Crippen LogP) is -0.173. The van der Waals surface area contributed by atoms with Crippen LogP contribution in [0.4, 0.5) is 0 Å². The van der Waals surface area contributed by atoms with E-state index in [4.69, 9.17) is 15.2 Å². The van der Waals surface area contributed by atoms with Crippen molar-refractivity contribution in [2.24, 2.45) is 17.6 Å². The number of esters is 1. The zero-order valence-electron chi connectivity index (χ0n) is 12.5. The number of fused-ring (bicyclic) bond motifs is 2. The van der Waals surface area contributed by atoms with Crippen molar-refractivity contribution >= 4 is 27.7 Å². The van der Waals surface area contributed by atoms with Gasteiger partial charge in [0.2, 0.25) is 0 Å². The summed E-state index contributed by atoms with van der Waals surface area (Å²) >= 11 is 3.50. The largest absolute Gasteiger partial charge is 0.466 e. The molecule has 3 saturated heterocycles. The van der Waals surface area contributed by atoms with E-state index in [0.717, 1.165) is 12.8 Å². The lowest BCUT2D eigenvalue weighted by Gasteiger charge is -2.48. The molecule has 0 aromatic carbocycles. The number of ketones is 1. The van der Waals surface area contributed by atoms with E-state index < -0.39 is 18.3 Å². The van der Waals surface area contributed by atoms with Gasteiger partial charge in [0.1, 0.15) is 6.23 Å². The highest BCUT2D eigenvalue weighted by Crippen LogP contribution is 2.35. The lowest BCUT2D eigenvalue weighted by Crippen LogP contribution is -2.69. The van der Waals surface area contributed by atoms with Crippen LogP contribution in [0.3, 0.4) is 0 Å². The second kappa shape index (κ2) is 6.52. The summed E-state index contributed by atoms with van der Waals surface area (Å²) in [6.07, 6.45) is 0.993. The summed E-state index contributed by atoms with van der Waals surface area (Å²) in [5.74, 6) is -1.15. The van der Waals surface area contributed by atoms with Crippen LogP contribution in [0.5, 0.6) is 0 Å². The molecule has 0 saturated carbocycles. The van der Waals surface area contributed by atoms with E-state index >= 15 is 0 Å². The Labute approximate surface area is 137 Å². The van der Waals surface area contributed by atoms with Gasteiger partial charge in [-0.25, -0.2) is 0 Å². The zero-order valence-corrected chi connectivity index (χ0v) is 14.0. The fourth-order valence-electron chi connectivity index (χ4n) is 3.55. The van der Waals surface area contributed by atoms with E-state index in [1.165, 1.54) is 0 Å². The molecule has 7 nitrogen and oxygen atoms in total. The number of carbonyl (C=O) groups is 2. The van der Waals surface area contributed by atoms with Gasteiger partial charge in [0, 0.05) is 0 Å². The number of nitrogens with one attached hydrogen (secondary N) is 2. The van der Waals surface area contributed by atoms with Crippen molar-refractivity contribution in [3.05, 3.63) is 0 Å². The number of alkyl halides is 1. The van der Waals surface area contributed by atoms with Crippen molar-refractivity contribution in [1.82, 2.24) is 10.6 Å². The second-order valence-electron chi connectivity index (χ2n) is 6.08. The van der Waals surface area contributed by atoms with Crippen LogP contribution < -0.4 is 16.4 Å². The molecule has 0 amide bonds. The molecule has 0 aromatic rings. The third-order valence-electron chi connectivity index (χ3n) is 4.68. The molecule has 7 unspecified atom stereocenters. The van der Waals surface area contributed by atoms with E-state index in [-0.39, 0.29) is 34.8 Å². The Morgan fingerprint density at radius 1 is 1.45 bits per heavy atom. The lowest BCUT2D eigenvalue weighted by molar-refractivity contribution is -0.176. The average molecular weight is 376 g/mol. The number of rotatable bonds is 2. The van der Waals surface area contributed by atoms with Gasteiger partial charge in [0.25, 0.3) is 0 Å². The molecule has 3 heterocycles. The van der Waals surface area contributed by atoms with Crippen molar-refractivity contribution in [1.29, 1.82) is 0 Å². The number of hydrogen-bond donors (Lipinski definition) is 3. The van der Waals surface area contributed by atoms with E-state index in [9.17, 15) is 9.59 Å². The van der Waals surface area contributed by atoms with Gasteiger partial charge >= 0.3 is 5.97 Å². The molecule has 4 N–H and O–H groups in total. The van der Waals surface area contributed by atoms with Crippen molar-refractivity contribution in [2.45, 2.75) is 55.7 Å². The topological polar surface area (TPSA) is 103 Å². The van der Waals surface area contributed by atoms with Crippen molar-refractivity contribution in [2.75, 3.05) is 6.61 Å². The van der Waals surface area contributed by atoms with Crippen LogP contribution in [0, 0.1) is 11.8 Å². The smallest absolute Gasteiger partial charge is 0.311 e. The molecule has 22 heavy (non-hydrogen) atoms. The molecule has 0 aliphatic carbocycles. The van der Waals surface area contributed by atoms with Crippen LogP contribution in [0.2, 0.25) is 0 Å². The molecule has 3 rings (SSSR count). The van der Waals surface area contributed by atoms with Crippen LogP contribution in [-0.2, 0) is 19.1 Å². The number of ether oxygens (including phenoxy) is 2. The van der Waals surface area contributed by atoms with E-state index in [2.05, 4.69) is 26.6 Å². The molecule has 7 atom stereocenters. The summed E-state index contributed by atoms with van der Waals surface area (Å²) in [7, 11) is 0. The quantitative estimate of drug-likeness (QED) is 0.349. The molecular weight excluding hydrogens is 354 g/mol. The lowest BCUT2D eigenvalue weighted by atomic mass is 9.78. The van der Waals surface area contributed by atoms with E-state index in [1.54, 1.807) is 6.92 Å². The maximum Gasteiger partial charge on any atom is 0.311 e. The Balaban J connectivity index is 1.74. The molecule has 0 radical (unpaired) electrons. The number of nitrogens with two attached hydrogens (primary N) is 1. The molecule has 3 aliphatic heterocycles. The average Bonchev–Trinajstić information content (AvgIpc) is 2.48.